The maximum Gasteiger partial charge on any atom is 0.267 e. The molecular formula is C16H24N4O2. The molecule has 1 aliphatic carbocycles. The first kappa shape index (κ1) is 15.4. The van der Waals surface area contributed by atoms with Crippen molar-refractivity contribution < 1.29 is 9.53 Å². The molecule has 3 rings (SSSR count). The van der Waals surface area contributed by atoms with Gasteiger partial charge in [0.25, 0.3) is 5.91 Å². The number of carbonyl (C=O) groups excluding carboxylic acids is 1. The van der Waals surface area contributed by atoms with Gasteiger partial charge >= 0.3 is 0 Å². The highest BCUT2D eigenvalue weighted by molar-refractivity contribution is 5.90. The fourth-order valence-electron chi connectivity index (χ4n) is 3.51. The topological polar surface area (TPSA) is 89.3 Å². The minimum atomic E-state index is -0.487. The number of pyridine rings is 1. The van der Waals surface area contributed by atoms with E-state index in [9.17, 15) is 4.79 Å². The second-order valence-electron chi connectivity index (χ2n) is 6.13. The van der Waals surface area contributed by atoms with Gasteiger partial charge in [0.1, 0.15) is 5.69 Å². The summed E-state index contributed by atoms with van der Waals surface area (Å²) in [4.78, 5) is 15.1. The molecule has 0 aromatic carbocycles. The Balaban J connectivity index is 1.54. The molecule has 6 nitrogen and oxygen atoms in total. The minimum absolute atomic E-state index is 0.311. The highest BCUT2D eigenvalue weighted by Gasteiger charge is 2.34. The van der Waals surface area contributed by atoms with Crippen molar-refractivity contribution in [2.75, 3.05) is 19.8 Å². The van der Waals surface area contributed by atoms with Crippen molar-refractivity contribution in [1.29, 1.82) is 0 Å². The van der Waals surface area contributed by atoms with E-state index in [1.165, 1.54) is 19.3 Å². The van der Waals surface area contributed by atoms with Crippen LogP contribution in [0.15, 0.2) is 18.3 Å². The van der Waals surface area contributed by atoms with Crippen LogP contribution in [0.5, 0.6) is 0 Å². The van der Waals surface area contributed by atoms with Crippen LogP contribution in [0, 0.1) is 5.92 Å². The average molecular weight is 304 g/mol. The Morgan fingerprint density at radius 1 is 1.45 bits per heavy atom. The summed E-state index contributed by atoms with van der Waals surface area (Å²) < 4.78 is 5.60. The molecule has 0 radical (unpaired) electrons. The fourth-order valence-corrected chi connectivity index (χ4v) is 3.51. The van der Waals surface area contributed by atoms with Gasteiger partial charge in [-0.15, -0.1) is 0 Å². The number of nitrogens with one attached hydrogen (secondary N) is 2. The monoisotopic (exact) mass is 304 g/mol. The number of amides is 1. The minimum Gasteiger partial charge on any atom is -0.379 e. The van der Waals surface area contributed by atoms with Crippen molar-refractivity contribution in [3.8, 4) is 0 Å². The molecule has 1 aliphatic heterocycles. The zero-order valence-electron chi connectivity index (χ0n) is 12.8. The lowest BCUT2D eigenvalue weighted by Crippen LogP contribution is -2.50. The van der Waals surface area contributed by atoms with E-state index in [4.69, 9.17) is 10.5 Å². The van der Waals surface area contributed by atoms with Crippen LogP contribution in [0.3, 0.4) is 0 Å². The second-order valence-corrected chi connectivity index (χ2v) is 6.13. The van der Waals surface area contributed by atoms with Crippen LogP contribution >= 0.6 is 0 Å². The summed E-state index contributed by atoms with van der Waals surface area (Å²) in [6.07, 6.45) is 5.44. The summed E-state index contributed by atoms with van der Waals surface area (Å²) in [5.41, 5.74) is 6.59. The normalized spacial score (nSPS) is 28.6. The molecule has 2 aliphatic rings. The molecule has 0 bridgehead atoms. The van der Waals surface area contributed by atoms with Gasteiger partial charge in [-0.05, 0) is 30.4 Å². The molecule has 1 aromatic heterocycles. The number of morpholine rings is 1. The Hall–Kier alpha value is -1.50. The lowest BCUT2D eigenvalue weighted by molar-refractivity contribution is 0.0524. The largest absolute Gasteiger partial charge is 0.379 e. The Labute approximate surface area is 130 Å². The standard InChI is InChI=1S/C16H24N4O2/c17-16(21)14-5-4-11(9-20-14)8-19-13-3-1-2-12(13)15-10-22-7-6-18-15/h4-5,9,12-13,15,18-19H,1-3,6-8,10H2,(H2,17,21). The lowest BCUT2D eigenvalue weighted by Gasteiger charge is -2.33. The molecule has 2 fully saturated rings. The van der Waals surface area contributed by atoms with Gasteiger partial charge in [0.05, 0.1) is 13.2 Å². The molecule has 1 amide bonds. The third-order valence-corrected chi connectivity index (χ3v) is 4.68. The van der Waals surface area contributed by atoms with Crippen molar-refractivity contribution in [2.45, 2.75) is 37.9 Å². The van der Waals surface area contributed by atoms with E-state index in [2.05, 4.69) is 15.6 Å². The van der Waals surface area contributed by atoms with Crippen LogP contribution in [0.4, 0.5) is 0 Å². The Morgan fingerprint density at radius 3 is 3.05 bits per heavy atom. The van der Waals surface area contributed by atoms with E-state index in [1.54, 1.807) is 12.3 Å². The van der Waals surface area contributed by atoms with E-state index in [0.29, 0.717) is 23.7 Å². The maximum atomic E-state index is 11.0. The smallest absolute Gasteiger partial charge is 0.267 e. The van der Waals surface area contributed by atoms with Gasteiger partial charge in [0.15, 0.2) is 0 Å². The molecule has 3 unspecified atom stereocenters. The number of ether oxygens (including phenoxy) is 1. The summed E-state index contributed by atoms with van der Waals surface area (Å²) in [7, 11) is 0. The molecular weight excluding hydrogens is 280 g/mol. The van der Waals surface area contributed by atoms with E-state index in [0.717, 1.165) is 31.9 Å². The molecule has 4 N–H and O–H groups in total. The third-order valence-electron chi connectivity index (χ3n) is 4.68. The predicted octanol–water partition coefficient (Wildman–Crippen LogP) is 0.427. The molecule has 1 aromatic rings. The van der Waals surface area contributed by atoms with Crippen LogP contribution in [0.2, 0.25) is 0 Å². The Bertz CT molecular complexity index is 499. The van der Waals surface area contributed by atoms with Gasteiger partial charge in [0, 0.05) is 31.4 Å². The molecule has 22 heavy (non-hydrogen) atoms. The van der Waals surface area contributed by atoms with E-state index >= 15 is 0 Å². The highest BCUT2D eigenvalue weighted by Crippen LogP contribution is 2.29. The quantitative estimate of drug-likeness (QED) is 0.734. The maximum absolute atomic E-state index is 11.0. The molecule has 1 saturated carbocycles. The molecule has 0 spiro atoms. The molecule has 3 atom stereocenters. The SMILES string of the molecule is NC(=O)c1ccc(CNC2CCCC2C2COCCN2)cn1. The number of primary amides is 1. The van der Waals surface area contributed by atoms with E-state index in [1.807, 2.05) is 6.07 Å². The van der Waals surface area contributed by atoms with Crippen molar-refractivity contribution in [2.24, 2.45) is 11.7 Å². The third kappa shape index (κ3) is 3.63. The van der Waals surface area contributed by atoms with Crippen LogP contribution in [0.1, 0.15) is 35.3 Å². The van der Waals surface area contributed by atoms with Crippen LogP contribution in [0.25, 0.3) is 0 Å². The first-order valence-corrected chi connectivity index (χ1v) is 8.03. The Morgan fingerprint density at radius 2 is 2.36 bits per heavy atom. The van der Waals surface area contributed by atoms with Crippen molar-refractivity contribution >= 4 is 5.91 Å². The zero-order chi connectivity index (χ0) is 15.4. The van der Waals surface area contributed by atoms with Gasteiger partial charge in [-0.2, -0.15) is 0 Å². The predicted molar refractivity (Wildman–Crippen MR) is 83.3 cm³/mol. The van der Waals surface area contributed by atoms with Gasteiger partial charge < -0.3 is 21.1 Å². The number of rotatable bonds is 5. The van der Waals surface area contributed by atoms with Gasteiger partial charge in [-0.3, -0.25) is 9.78 Å². The fraction of sp³-hybridized carbons (Fsp3) is 0.625. The first-order valence-electron chi connectivity index (χ1n) is 8.03. The van der Waals surface area contributed by atoms with E-state index in [-0.39, 0.29) is 0 Å². The molecule has 6 heteroatoms. The molecule has 2 heterocycles. The molecule has 120 valence electrons. The summed E-state index contributed by atoms with van der Waals surface area (Å²) in [5, 5.41) is 7.22. The number of nitrogens with two attached hydrogens (primary N) is 1. The van der Waals surface area contributed by atoms with Gasteiger partial charge in [-0.1, -0.05) is 12.5 Å². The average Bonchev–Trinajstić information content (AvgIpc) is 3.02. The lowest BCUT2D eigenvalue weighted by atomic mass is 9.94. The highest BCUT2D eigenvalue weighted by atomic mass is 16.5. The van der Waals surface area contributed by atoms with Crippen LogP contribution < -0.4 is 16.4 Å². The summed E-state index contributed by atoms with van der Waals surface area (Å²) in [6, 6.07) is 4.56. The summed E-state index contributed by atoms with van der Waals surface area (Å²) in [6.45, 7) is 3.35. The number of nitrogens with zero attached hydrogens (tertiary/aromatic N) is 1. The van der Waals surface area contributed by atoms with Gasteiger partial charge in [0.2, 0.25) is 0 Å². The van der Waals surface area contributed by atoms with Gasteiger partial charge in [-0.25, -0.2) is 0 Å². The second kappa shape index (κ2) is 7.17. The number of hydrogen-bond acceptors (Lipinski definition) is 5. The van der Waals surface area contributed by atoms with Crippen LogP contribution in [-0.4, -0.2) is 42.7 Å². The first-order chi connectivity index (χ1) is 10.7. The number of hydrogen-bond donors (Lipinski definition) is 3. The summed E-state index contributed by atoms with van der Waals surface area (Å²) in [5.74, 6) is 0.136. The van der Waals surface area contributed by atoms with Crippen LogP contribution in [-0.2, 0) is 11.3 Å². The Kier molecular flexibility index (Phi) is 5.02. The van der Waals surface area contributed by atoms with Crippen molar-refractivity contribution in [3.63, 3.8) is 0 Å². The van der Waals surface area contributed by atoms with E-state index < -0.39 is 5.91 Å². The number of carbonyl (C=O) groups is 1. The molecule has 1 saturated heterocycles. The summed E-state index contributed by atoms with van der Waals surface area (Å²) >= 11 is 0. The number of aromatic nitrogens is 1. The van der Waals surface area contributed by atoms with Crippen molar-refractivity contribution in [3.05, 3.63) is 29.6 Å². The zero-order valence-corrected chi connectivity index (χ0v) is 12.8. The van der Waals surface area contributed by atoms with Crippen molar-refractivity contribution in [1.82, 2.24) is 15.6 Å².